The van der Waals surface area contributed by atoms with Gasteiger partial charge in [0.25, 0.3) is 9.05 Å². The lowest BCUT2D eigenvalue weighted by Crippen LogP contribution is -1.89. The first-order chi connectivity index (χ1) is 6.07. The van der Waals surface area contributed by atoms with Gasteiger partial charge in [-0.05, 0) is 18.2 Å². The first-order valence-electron chi connectivity index (χ1n) is 3.33. The van der Waals surface area contributed by atoms with Crippen molar-refractivity contribution in [3.05, 3.63) is 18.2 Å². The number of fused-ring (bicyclic) bond motifs is 1. The Morgan fingerprint density at radius 1 is 1.38 bits per heavy atom. The lowest BCUT2D eigenvalue weighted by atomic mass is 10.3. The fourth-order valence-corrected chi connectivity index (χ4v) is 1.74. The summed E-state index contributed by atoms with van der Waals surface area (Å²) >= 11 is 0. The van der Waals surface area contributed by atoms with Crippen molar-refractivity contribution in [2.75, 3.05) is 0 Å². The smallest absolute Gasteiger partial charge is 0.258 e. The van der Waals surface area contributed by atoms with Gasteiger partial charge in [0.1, 0.15) is 5.52 Å². The molecule has 0 radical (unpaired) electrons. The number of rotatable bonds is 1. The summed E-state index contributed by atoms with van der Waals surface area (Å²) in [6.45, 7) is 0. The molecule has 1 aromatic heterocycles. The molecule has 2 aromatic rings. The largest absolute Gasteiger partial charge is 0.261 e. The van der Waals surface area contributed by atoms with Gasteiger partial charge in [0.15, 0.2) is 0 Å². The fourth-order valence-electron chi connectivity index (χ4n) is 0.973. The van der Waals surface area contributed by atoms with Gasteiger partial charge in [-0.2, -0.15) is 0 Å². The Morgan fingerprint density at radius 2 is 2.15 bits per heavy atom. The molecule has 2 rings (SSSR count). The standard InChI is InChI=1S/C6H4ClN3O2S/c7-13(11,12)4-1-2-5-6(3-4)9-10-8-5/h1-3H,(H,8,9,10). The van der Waals surface area contributed by atoms with E-state index < -0.39 is 9.05 Å². The molecule has 0 aliphatic carbocycles. The summed E-state index contributed by atoms with van der Waals surface area (Å²) in [6, 6.07) is 4.32. The maximum absolute atomic E-state index is 10.9. The molecule has 0 aliphatic rings. The third-order valence-corrected chi connectivity index (χ3v) is 2.93. The number of hydrogen-bond acceptors (Lipinski definition) is 4. The SMILES string of the molecule is O=S(=O)(Cl)c1ccc2[nH]nnc2c1. The molecule has 0 aliphatic heterocycles. The van der Waals surface area contributed by atoms with Gasteiger partial charge < -0.3 is 0 Å². The van der Waals surface area contributed by atoms with Crippen LogP contribution < -0.4 is 0 Å². The van der Waals surface area contributed by atoms with Crippen molar-refractivity contribution >= 4 is 30.8 Å². The van der Waals surface area contributed by atoms with Crippen LogP contribution in [-0.4, -0.2) is 23.8 Å². The predicted molar refractivity (Wildman–Crippen MR) is 46.9 cm³/mol. The highest BCUT2D eigenvalue weighted by molar-refractivity contribution is 8.13. The molecular weight excluding hydrogens is 214 g/mol. The Morgan fingerprint density at radius 3 is 2.85 bits per heavy atom. The van der Waals surface area contributed by atoms with Gasteiger partial charge in [-0.15, -0.1) is 5.10 Å². The average Bonchev–Trinajstić information content (AvgIpc) is 2.47. The van der Waals surface area contributed by atoms with Gasteiger partial charge in [0, 0.05) is 10.7 Å². The second-order valence-corrected chi connectivity index (χ2v) is 4.99. The lowest BCUT2D eigenvalue weighted by Gasteiger charge is -1.93. The monoisotopic (exact) mass is 217 g/mol. The Labute approximate surface area is 78.1 Å². The highest BCUT2D eigenvalue weighted by Crippen LogP contribution is 2.18. The number of nitrogens with one attached hydrogen (secondary N) is 1. The van der Waals surface area contributed by atoms with E-state index >= 15 is 0 Å². The van der Waals surface area contributed by atoms with E-state index in [1.54, 1.807) is 6.07 Å². The minimum atomic E-state index is -3.68. The van der Waals surface area contributed by atoms with Gasteiger partial charge in [-0.3, -0.25) is 5.10 Å². The van der Waals surface area contributed by atoms with Crippen molar-refractivity contribution in [3.8, 4) is 0 Å². The molecule has 0 bridgehead atoms. The van der Waals surface area contributed by atoms with Crippen LogP contribution in [0.3, 0.4) is 0 Å². The zero-order chi connectivity index (χ0) is 9.47. The van der Waals surface area contributed by atoms with Gasteiger partial charge >= 0.3 is 0 Å². The van der Waals surface area contributed by atoms with Crippen molar-refractivity contribution in [1.29, 1.82) is 0 Å². The second kappa shape index (κ2) is 2.68. The Kier molecular flexibility index (Phi) is 1.74. The van der Waals surface area contributed by atoms with E-state index in [4.69, 9.17) is 10.7 Å². The van der Waals surface area contributed by atoms with Crippen molar-refractivity contribution in [2.24, 2.45) is 0 Å². The van der Waals surface area contributed by atoms with E-state index in [-0.39, 0.29) is 4.90 Å². The molecule has 1 N–H and O–H groups in total. The molecule has 5 nitrogen and oxygen atoms in total. The maximum atomic E-state index is 10.9. The molecule has 0 spiro atoms. The summed E-state index contributed by atoms with van der Waals surface area (Å²) in [5, 5.41) is 9.77. The third-order valence-electron chi connectivity index (χ3n) is 1.58. The molecule has 68 valence electrons. The van der Waals surface area contributed by atoms with Gasteiger partial charge in [-0.1, -0.05) is 5.21 Å². The average molecular weight is 218 g/mol. The molecule has 0 atom stereocenters. The topological polar surface area (TPSA) is 75.7 Å². The zero-order valence-corrected chi connectivity index (χ0v) is 7.80. The van der Waals surface area contributed by atoms with E-state index in [0.717, 1.165) is 0 Å². The van der Waals surface area contributed by atoms with Crippen molar-refractivity contribution in [1.82, 2.24) is 15.4 Å². The molecule has 0 unspecified atom stereocenters. The number of halogens is 1. The van der Waals surface area contributed by atoms with E-state index in [1.165, 1.54) is 12.1 Å². The highest BCUT2D eigenvalue weighted by atomic mass is 35.7. The van der Waals surface area contributed by atoms with Gasteiger partial charge in [0.2, 0.25) is 0 Å². The third kappa shape index (κ3) is 1.50. The van der Waals surface area contributed by atoms with E-state index in [1.807, 2.05) is 0 Å². The predicted octanol–water partition coefficient (Wildman–Crippen LogP) is 0.885. The molecule has 0 amide bonds. The highest BCUT2D eigenvalue weighted by Gasteiger charge is 2.10. The summed E-state index contributed by atoms with van der Waals surface area (Å²) in [7, 11) is 1.46. The number of nitrogens with zero attached hydrogens (tertiary/aromatic N) is 2. The van der Waals surface area contributed by atoms with Crippen LogP contribution >= 0.6 is 10.7 Å². The van der Waals surface area contributed by atoms with E-state index in [0.29, 0.717) is 11.0 Å². The number of aromatic nitrogens is 3. The van der Waals surface area contributed by atoms with Crippen molar-refractivity contribution in [2.45, 2.75) is 4.90 Å². The van der Waals surface area contributed by atoms with Crippen LogP contribution in [-0.2, 0) is 9.05 Å². The van der Waals surface area contributed by atoms with Crippen LogP contribution in [0.1, 0.15) is 0 Å². The van der Waals surface area contributed by atoms with Crippen LogP contribution in [0.4, 0.5) is 0 Å². The van der Waals surface area contributed by atoms with Crippen LogP contribution in [0.25, 0.3) is 11.0 Å². The number of H-pyrrole nitrogens is 1. The maximum Gasteiger partial charge on any atom is 0.261 e. The Bertz CT molecular complexity index is 548. The molecule has 0 saturated carbocycles. The molecule has 1 aromatic carbocycles. The Hall–Kier alpha value is -1.14. The number of hydrogen-bond donors (Lipinski definition) is 1. The molecule has 7 heteroatoms. The van der Waals surface area contributed by atoms with Crippen molar-refractivity contribution in [3.63, 3.8) is 0 Å². The molecule has 13 heavy (non-hydrogen) atoms. The summed E-state index contributed by atoms with van der Waals surface area (Å²) in [5.74, 6) is 0. The summed E-state index contributed by atoms with van der Waals surface area (Å²) in [6.07, 6.45) is 0. The second-order valence-electron chi connectivity index (χ2n) is 2.43. The van der Waals surface area contributed by atoms with E-state index in [2.05, 4.69) is 15.4 Å². The van der Waals surface area contributed by atoms with E-state index in [9.17, 15) is 8.42 Å². The minimum Gasteiger partial charge on any atom is -0.258 e. The van der Waals surface area contributed by atoms with Crippen LogP contribution in [0.2, 0.25) is 0 Å². The quantitative estimate of drug-likeness (QED) is 0.720. The summed E-state index contributed by atoms with van der Waals surface area (Å²) in [5.41, 5.74) is 1.14. The first-order valence-corrected chi connectivity index (χ1v) is 5.64. The fraction of sp³-hybridized carbons (Fsp3) is 0. The zero-order valence-electron chi connectivity index (χ0n) is 6.23. The van der Waals surface area contributed by atoms with Crippen LogP contribution in [0.15, 0.2) is 23.1 Å². The molecular formula is C6H4ClN3O2S. The Balaban J connectivity index is 2.75. The van der Waals surface area contributed by atoms with Crippen molar-refractivity contribution < 1.29 is 8.42 Å². The minimum absolute atomic E-state index is 0.0237. The van der Waals surface area contributed by atoms with Gasteiger partial charge in [-0.25, -0.2) is 8.42 Å². The molecule has 0 saturated heterocycles. The first kappa shape index (κ1) is 8.46. The number of benzene rings is 1. The van der Waals surface area contributed by atoms with Gasteiger partial charge in [0.05, 0.1) is 10.4 Å². The molecule has 1 heterocycles. The van der Waals surface area contributed by atoms with Crippen LogP contribution in [0.5, 0.6) is 0 Å². The molecule has 0 fully saturated rings. The summed E-state index contributed by atoms with van der Waals surface area (Å²) < 4.78 is 21.8. The summed E-state index contributed by atoms with van der Waals surface area (Å²) in [4.78, 5) is 0.0237. The van der Waals surface area contributed by atoms with Crippen LogP contribution in [0, 0.1) is 0 Å². The normalized spacial score (nSPS) is 12.1. The number of aromatic amines is 1. The lowest BCUT2D eigenvalue weighted by molar-refractivity contribution is 0.609.